The van der Waals surface area contributed by atoms with Crippen molar-refractivity contribution in [1.82, 2.24) is 19.6 Å². The van der Waals surface area contributed by atoms with Gasteiger partial charge in [-0.1, -0.05) is 44.2 Å². The lowest BCUT2D eigenvalue weighted by atomic mass is 10.1. The van der Waals surface area contributed by atoms with Gasteiger partial charge >= 0.3 is 0 Å². The molecular weight excluding hydrogens is 404 g/mol. The Morgan fingerprint density at radius 2 is 1.59 bits per heavy atom. The molecule has 3 rings (SSSR count). The summed E-state index contributed by atoms with van der Waals surface area (Å²) in [5.74, 6) is -0.0762. The maximum atomic E-state index is 13.5. The maximum absolute atomic E-state index is 13.5. The first-order valence-electron chi connectivity index (χ1n) is 10.8. The van der Waals surface area contributed by atoms with E-state index >= 15 is 0 Å². The van der Waals surface area contributed by atoms with E-state index in [1.165, 1.54) is 9.58 Å². The van der Waals surface area contributed by atoms with Gasteiger partial charge in [-0.05, 0) is 36.6 Å². The van der Waals surface area contributed by atoms with Crippen molar-refractivity contribution < 1.29 is 9.59 Å². The van der Waals surface area contributed by atoms with Crippen LogP contribution in [0.2, 0.25) is 0 Å². The zero-order valence-electron chi connectivity index (χ0n) is 19.3. The van der Waals surface area contributed by atoms with E-state index in [2.05, 4.69) is 5.10 Å². The van der Waals surface area contributed by atoms with Gasteiger partial charge in [0.2, 0.25) is 0 Å². The van der Waals surface area contributed by atoms with E-state index in [4.69, 9.17) is 0 Å². The number of benzene rings is 2. The fourth-order valence-corrected chi connectivity index (χ4v) is 3.57. The molecule has 7 nitrogen and oxygen atoms in total. The van der Waals surface area contributed by atoms with Crippen LogP contribution >= 0.6 is 0 Å². The molecule has 0 saturated heterocycles. The Hall–Kier alpha value is -3.48. The average molecular weight is 435 g/mol. The molecule has 0 atom stereocenters. The van der Waals surface area contributed by atoms with Gasteiger partial charge in [0, 0.05) is 44.7 Å². The Balaban J connectivity index is 1.95. The topological polar surface area (TPSA) is 75.5 Å². The molecule has 0 saturated carbocycles. The van der Waals surface area contributed by atoms with Crippen molar-refractivity contribution in [3.63, 3.8) is 0 Å². The van der Waals surface area contributed by atoms with Crippen LogP contribution in [0.1, 0.15) is 47.2 Å². The van der Waals surface area contributed by atoms with Crippen molar-refractivity contribution in [2.75, 3.05) is 20.6 Å². The summed E-state index contributed by atoms with van der Waals surface area (Å²) in [5, 5.41) is 5.53. The summed E-state index contributed by atoms with van der Waals surface area (Å²) in [5.41, 5.74) is 1.61. The van der Waals surface area contributed by atoms with E-state index < -0.39 is 0 Å². The van der Waals surface area contributed by atoms with Crippen LogP contribution in [-0.4, -0.2) is 52.0 Å². The van der Waals surface area contributed by atoms with Crippen LogP contribution in [0, 0.1) is 5.92 Å². The zero-order chi connectivity index (χ0) is 23.4. The Bertz CT molecular complexity index is 1180. The highest BCUT2D eigenvalue weighted by Crippen LogP contribution is 2.18. The number of amides is 2. The summed E-state index contributed by atoms with van der Waals surface area (Å²) >= 11 is 0. The molecule has 2 aromatic carbocycles. The van der Waals surface area contributed by atoms with Gasteiger partial charge in [0.15, 0.2) is 5.69 Å². The summed E-state index contributed by atoms with van der Waals surface area (Å²) in [6.45, 7) is 7.23. The van der Waals surface area contributed by atoms with Crippen LogP contribution in [-0.2, 0) is 13.1 Å². The Morgan fingerprint density at radius 3 is 2.16 bits per heavy atom. The molecule has 3 aromatic rings. The zero-order valence-corrected chi connectivity index (χ0v) is 19.3. The van der Waals surface area contributed by atoms with E-state index in [0.29, 0.717) is 36.0 Å². The molecule has 0 aliphatic heterocycles. The van der Waals surface area contributed by atoms with Gasteiger partial charge in [0.05, 0.1) is 5.39 Å². The Morgan fingerprint density at radius 1 is 0.969 bits per heavy atom. The van der Waals surface area contributed by atoms with Gasteiger partial charge < -0.3 is 9.80 Å². The standard InChI is InChI=1S/C25H30N4O3/c1-6-28(16-18-11-13-19(14-12-18)23(30)27(4)5)25(32)22-20-9-7-8-10-21(20)24(31)29(26-22)15-17(2)3/h7-14,17H,6,15-16H2,1-5H3. The first-order valence-corrected chi connectivity index (χ1v) is 10.8. The van der Waals surface area contributed by atoms with Crippen LogP contribution in [0.25, 0.3) is 10.8 Å². The molecule has 168 valence electrons. The van der Waals surface area contributed by atoms with Gasteiger partial charge in [-0.3, -0.25) is 14.4 Å². The highest BCUT2D eigenvalue weighted by Gasteiger charge is 2.22. The van der Waals surface area contributed by atoms with E-state index in [9.17, 15) is 14.4 Å². The quantitative estimate of drug-likeness (QED) is 0.571. The number of aromatic nitrogens is 2. The number of carbonyl (C=O) groups excluding carboxylic acids is 2. The molecule has 0 spiro atoms. The average Bonchev–Trinajstić information content (AvgIpc) is 2.78. The van der Waals surface area contributed by atoms with Gasteiger partial charge in [-0.15, -0.1) is 0 Å². The minimum atomic E-state index is -0.227. The first kappa shape index (κ1) is 23.2. The minimum Gasteiger partial charge on any atom is -0.345 e. The van der Waals surface area contributed by atoms with Crippen molar-refractivity contribution >= 4 is 22.6 Å². The smallest absolute Gasteiger partial charge is 0.275 e. The molecule has 2 amide bonds. The van der Waals surface area contributed by atoms with Crippen molar-refractivity contribution in [2.24, 2.45) is 5.92 Å². The predicted octanol–water partition coefficient (Wildman–Crippen LogP) is 3.42. The number of carbonyl (C=O) groups is 2. The van der Waals surface area contributed by atoms with Crippen LogP contribution in [0.5, 0.6) is 0 Å². The molecule has 1 aromatic heterocycles. The van der Waals surface area contributed by atoms with Crippen LogP contribution in [0.15, 0.2) is 53.3 Å². The Kier molecular flexibility index (Phi) is 7.08. The first-order chi connectivity index (χ1) is 15.2. The SMILES string of the molecule is CCN(Cc1ccc(C(=O)N(C)C)cc1)C(=O)c1nn(CC(C)C)c(=O)c2ccccc12. The summed E-state index contributed by atoms with van der Waals surface area (Å²) < 4.78 is 1.40. The molecule has 0 radical (unpaired) electrons. The summed E-state index contributed by atoms with van der Waals surface area (Å²) in [6.07, 6.45) is 0. The Labute approximate surface area is 188 Å². The fourth-order valence-electron chi connectivity index (χ4n) is 3.57. The van der Waals surface area contributed by atoms with Crippen molar-refractivity contribution in [1.29, 1.82) is 0 Å². The summed E-state index contributed by atoms with van der Waals surface area (Å²) in [6, 6.07) is 14.4. The third kappa shape index (κ3) is 4.88. The second-order valence-electron chi connectivity index (χ2n) is 8.49. The maximum Gasteiger partial charge on any atom is 0.275 e. The third-order valence-electron chi connectivity index (χ3n) is 5.26. The molecule has 0 fully saturated rings. The van der Waals surface area contributed by atoms with Crippen LogP contribution in [0.4, 0.5) is 0 Å². The van der Waals surface area contributed by atoms with Crippen LogP contribution in [0.3, 0.4) is 0 Å². The fraction of sp³-hybridized carbons (Fsp3) is 0.360. The third-order valence-corrected chi connectivity index (χ3v) is 5.26. The molecule has 0 aliphatic carbocycles. The molecule has 0 bridgehead atoms. The predicted molar refractivity (Wildman–Crippen MR) is 126 cm³/mol. The van der Waals surface area contributed by atoms with E-state index in [1.54, 1.807) is 49.3 Å². The molecule has 0 N–H and O–H groups in total. The molecule has 0 aliphatic rings. The lowest BCUT2D eigenvalue weighted by molar-refractivity contribution is 0.0744. The number of hydrogen-bond donors (Lipinski definition) is 0. The molecule has 0 unspecified atom stereocenters. The molecular formula is C25H30N4O3. The van der Waals surface area contributed by atoms with Gasteiger partial charge in [-0.2, -0.15) is 5.10 Å². The van der Waals surface area contributed by atoms with Gasteiger partial charge in [0.1, 0.15) is 0 Å². The van der Waals surface area contributed by atoms with E-state index in [0.717, 1.165) is 5.56 Å². The monoisotopic (exact) mass is 434 g/mol. The summed E-state index contributed by atoms with van der Waals surface area (Å²) in [7, 11) is 3.42. The van der Waals surface area contributed by atoms with E-state index in [-0.39, 0.29) is 29.0 Å². The van der Waals surface area contributed by atoms with Crippen molar-refractivity contribution in [2.45, 2.75) is 33.9 Å². The highest BCUT2D eigenvalue weighted by atomic mass is 16.2. The van der Waals surface area contributed by atoms with Crippen molar-refractivity contribution in [3.05, 3.63) is 75.7 Å². The molecule has 7 heteroatoms. The number of hydrogen-bond acceptors (Lipinski definition) is 4. The molecule has 1 heterocycles. The minimum absolute atomic E-state index is 0.0666. The summed E-state index contributed by atoms with van der Waals surface area (Å²) in [4.78, 5) is 41.7. The van der Waals surface area contributed by atoms with Crippen molar-refractivity contribution in [3.8, 4) is 0 Å². The second-order valence-corrected chi connectivity index (χ2v) is 8.49. The number of nitrogens with zero attached hydrogens (tertiary/aromatic N) is 4. The lowest BCUT2D eigenvalue weighted by Gasteiger charge is -2.22. The van der Waals surface area contributed by atoms with E-state index in [1.807, 2.05) is 39.0 Å². The highest BCUT2D eigenvalue weighted by molar-refractivity contribution is 6.04. The van der Waals surface area contributed by atoms with Gasteiger partial charge in [-0.25, -0.2) is 4.68 Å². The lowest BCUT2D eigenvalue weighted by Crippen LogP contribution is -2.34. The second kappa shape index (κ2) is 9.77. The normalized spacial score (nSPS) is 11.1. The van der Waals surface area contributed by atoms with Gasteiger partial charge in [0.25, 0.3) is 17.4 Å². The molecule has 32 heavy (non-hydrogen) atoms. The number of rotatable bonds is 7. The number of fused-ring (bicyclic) bond motifs is 1. The largest absolute Gasteiger partial charge is 0.345 e. The van der Waals surface area contributed by atoms with Crippen LogP contribution < -0.4 is 5.56 Å².